The maximum atomic E-state index is 12.0. The first-order valence-electron chi connectivity index (χ1n) is 7.26. The summed E-state index contributed by atoms with van der Waals surface area (Å²) in [6.45, 7) is 1.76. The van der Waals surface area contributed by atoms with Crippen LogP contribution in [0, 0.1) is 6.92 Å². The third-order valence-corrected chi connectivity index (χ3v) is 3.48. The lowest BCUT2D eigenvalue weighted by atomic mass is 10.1. The van der Waals surface area contributed by atoms with Gasteiger partial charge in [-0.1, -0.05) is 12.1 Å². The topological polar surface area (TPSA) is 77.4 Å². The highest BCUT2D eigenvalue weighted by Crippen LogP contribution is 2.09. The van der Waals surface area contributed by atoms with Crippen LogP contribution in [-0.2, 0) is 16.6 Å². The van der Waals surface area contributed by atoms with Crippen LogP contribution in [0.1, 0.15) is 21.5 Å². The maximum absolute atomic E-state index is 12.0. The number of pyridine rings is 1. The van der Waals surface area contributed by atoms with E-state index in [-0.39, 0.29) is 11.2 Å². The molecule has 1 amide bonds. The molecule has 0 aliphatic carbocycles. The Hall–Kier alpha value is -3.15. The average molecular weight is 326 g/mol. The van der Waals surface area contributed by atoms with Crippen LogP contribution < -0.4 is 10.9 Å². The van der Waals surface area contributed by atoms with E-state index in [1.165, 1.54) is 17.8 Å². The van der Waals surface area contributed by atoms with Gasteiger partial charge in [-0.2, -0.15) is 0 Å². The summed E-state index contributed by atoms with van der Waals surface area (Å²) in [6.07, 6.45) is 4.57. The van der Waals surface area contributed by atoms with E-state index in [1.807, 2.05) is 0 Å². The Morgan fingerprint density at radius 1 is 1.17 bits per heavy atom. The molecule has 0 fully saturated rings. The van der Waals surface area contributed by atoms with Gasteiger partial charge in [0.1, 0.15) is 5.69 Å². The summed E-state index contributed by atoms with van der Waals surface area (Å²) in [4.78, 5) is 35.4. The minimum atomic E-state index is -0.418. The van der Waals surface area contributed by atoms with E-state index in [0.717, 1.165) is 5.56 Å². The molecule has 0 spiro atoms. The molecule has 0 aliphatic rings. The van der Waals surface area contributed by atoms with Gasteiger partial charge < -0.3 is 14.6 Å². The van der Waals surface area contributed by atoms with Gasteiger partial charge in [-0.05, 0) is 42.3 Å². The van der Waals surface area contributed by atoms with Crippen molar-refractivity contribution in [3.63, 3.8) is 0 Å². The fraction of sp³-hybridized carbons (Fsp3) is 0.167. The Labute approximate surface area is 139 Å². The zero-order valence-corrected chi connectivity index (χ0v) is 13.7. The SMILES string of the molecule is COC(=O)c1ccc(/C=C/C(=O)Nc2c(C)ccn(C)c2=O)cc1. The van der Waals surface area contributed by atoms with Crippen molar-refractivity contribution < 1.29 is 14.3 Å². The van der Waals surface area contributed by atoms with E-state index in [4.69, 9.17) is 0 Å². The fourth-order valence-electron chi connectivity index (χ4n) is 2.06. The number of amides is 1. The number of carbonyl (C=O) groups is 2. The number of esters is 1. The third kappa shape index (κ3) is 3.98. The number of ether oxygens (including phenoxy) is 1. The molecule has 6 nitrogen and oxygen atoms in total. The highest BCUT2D eigenvalue weighted by Gasteiger charge is 2.08. The summed E-state index contributed by atoms with van der Waals surface area (Å²) in [5.41, 5.74) is 1.87. The number of hydrogen-bond donors (Lipinski definition) is 1. The van der Waals surface area contributed by atoms with Crippen LogP contribution in [0.15, 0.2) is 47.4 Å². The van der Waals surface area contributed by atoms with Crippen LogP contribution in [0.5, 0.6) is 0 Å². The standard InChI is InChI=1S/C18H18N2O4/c1-12-10-11-20(2)17(22)16(12)19-15(21)9-6-13-4-7-14(8-5-13)18(23)24-3/h4-11H,1-3H3,(H,19,21)/b9-6+. The molecule has 0 aliphatic heterocycles. The van der Waals surface area contributed by atoms with Gasteiger partial charge >= 0.3 is 5.97 Å². The van der Waals surface area contributed by atoms with Crippen LogP contribution in [0.3, 0.4) is 0 Å². The minimum Gasteiger partial charge on any atom is -0.465 e. The zero-order valence-electron chi connectivity index (χ0n) is 13.7. The molecule has 2 rings (SSSR count). The second-order valence-corrected chi connectivity index (χ2v) is 5.23. The van der Waals surface area contributed by atoms with E-state index in [0.29, 0.717) is 11.1 Å². The van der Waals surface area contributed by atoms with Gasteiger partial charge in [-0.25, -0.2) is 4.79 Å². The fourth-order valence-corrected chi connectivity index (χ4v) is 2.06. The predicted octanol–water partition coefficient (Wildman–Crippen LogP) is 2.13. The molecule has 1 aromatic carbocycles. The number of nitrogens with one attached hydrogen (secondary N) is 1. The summed E-state index contributed by atoms with van der Waals surface area (Å²) in [5.74, 6) is -0.822. The Balaban J connectivity index is 2.10. The first-order chi connectivity index (χ1) is 11.4. The van der Waals surface area contributed by atoms with Crippen LogP contribution in [0.25, 0.3) is 6.08 Å². The summed E-state index contributed by atoms with van der Waals surface area (Å²) in [7, 11) is 2.94. The largest absolute Gasteiger partial charge is 0.465 e. The van der Waals surface area contributed by atoms with Crippen LogP contribution in [-0.4, -0.2) is 23.6 Å². The highest BCUT2D eigenvalue weighted by atomic mass is 16.5. The third-order valence-electron chi connectivity index (χ3n) is 3.48. The van der Waals surface area contributed by atoms with Crippen molar-refractivity contribution in [2.45, 2.75) is 6.92 Å². The molecular formula is C18H18N2O4. The number of benzene rings is 1. The second-order valence-electron chi connectivity index (χ2n) is 5.23. The van der Waals surface area contributed by atoms with E-state index in [2.05, 4.69) is 10.1 Å². The molecule has 1 aromatic heterocycles. The Bertz CT molecular complexity index is 848. The molecule has 6 heteroatoms. The lowest BCUT2D eigenvalue weighted by molar-refractivity contribution is -0.111. The molecule has 0 bridgehead atoms. The maximum Gasteiger partial charge on any atom is 0.337 e. The lowest BCUT2D eigenvalue weighted by Crippen LogP contribution is -2.24. The molecule has 124 valence electrons. The number of methoxy groups -OCH3 is 1. The van der Waals surface area contributed by atoms with Crippen molar-refractivity contribution in [1.29, 1.82) is 0 Å². The molecule has 1 heterocycles. The molecule has 0 saturated heterocycles. The van der Waals surface area contributed by atoms with E-state index < -0.39 is 11.9 Å². The van der Waals surface area contributed by atoms with Crippen LogP contribution >= 0.6 is 0 Å². The summed E-state index contributed by atoms with van der Waals surface area (Å²) >= 11 is 0. The van der Waals surface area contributed by atoms with Gasteiger partial charge in [0.05, 0.1) is 12.7 Å². The second kappa shape index (κ2) is 7.41. The number of hydrogen-bond acceptors (Lipinski definition) is 4. The molecule has 1 N–H and O–H groups in total. The molecule has 0 radical (unpaired) electrons. The quantitative estimate of drug-likeness (QED) is 0.690. The van der Waals surface area contributed by atoms with Gasteiger partial charge in [0, 0.05) is 19.3 Å². The van der Waals surface area contributed by atoms with Crippen LogP contribution in [0.2, 0.25) is 0 Å². The predicted molar refractivity (Wildman–Crippen MR) is 91.9 cm³/mol. The molecule has 24 heavy (non-hydrogen) atoms. The van der Waals surface area contributed by atoms with Gasteiger partial charge in [-0.3, -0.25) is 9.59 Å². The number of anilines is 1. The Morgan fingerprint density at radius 3 is 2.46 bits per heavy atom. The Kier molecular flexibility index (Phi) is 5.31. The van der Waals surface area contributed by atoms with Crippen molar-refractivity contribution in [2.24, 2.45) is 7.05 Å². The number of nitrogens with zero attached hydrogens (tertiary/aromatic N) is 1. The number of aryl methyl sites for hydroxylation is 2. The molecule has 2 aromatic rings. The van der Waals surface area contributed by atoms with Gasteiger partial charge in [0.2, 0.25) is 5.91 Å². The van der Waals surface area contributed by atoms with Crippen molar-refractivity contribution in [3.05, 3.63) is 69.6 Å². The summed E-state index contributed by atoms with van der Waals surface area (Å²) in [6, 6.07) is 8.37. The molecular weight excluding hydrogens is 308 g/mol. The Morgan fingerprint density at radius 2 is 1.83 bits per heavy atom. The first-order valence-corrected chi connectivity index (χ1v) is 7.26. The molecule has 0 saturated carbocycles. The number of carbonyl (C=O) groups excluding carboxylic acids is 2. The summed E-state index contributed by atoms with van der Waals surface area (Å²) in [5, 5.41) is 2.60. The van der Waals surface area contributed by atoms with Crippen LogP contribution in [0.4, 0.5) is 5.69 Å². The van der Waals surface area contributed by atoms with E-state index in [9.17, 15) is 14.4 Å². The van der Waals surface area contributed by atoms with Gasteiger partial charge in [0.15, 0.2) is 0 Å². The monoisotopic (exact) mass is 326 g/mol. The molecule has 0 atom stereocenters. The first kappa shape index (κ1) is 17.2. The van der Waals surface area contributed by atoms with Gasteiger partial charge in [0.25, 0.3) is 5.56 Å². The lowest BCUT2D eigenvalue weighted by Gasteiger charge is -2.07. The smallest absolute Gasteiger partial charge is 0.337 e. The zero-order chi connectivity index (χ0) is 17.7. The highest BCUT2D eigenvalue weighted by molar-refractivity contribution is 6.02. The number of rotatable bonds is 4. The van der Waals surface area contributed by atoms with Gasteiger partial charge in [-0.15, -0.1) is 0 Å². The van der Waals surface area contributed by atoms with E-state index >= 15 is 0 Å². The minimum absolute atomic E-state index is 0.260. The van der Waals surface area contributed by atoms with Crippen molar-refractivity contribution in [3.8, 4) is 0 Å². The summed E-state index contributed by atoms with van der Waals surface area (Å²) < 4.78 is 6.02. The normalized spacial score (nSPS) is 10.6. The average Bonchev–Trinajstić information content (AvgIpc) is 2.60. The van der Waals surface area contributed by atoms with Crippen molar-refractivity contribution in [2.75, 3.05) is 12.4 Å². The van der Waals surface area contributed by atoms with E-state index in [1.54, 1.807) is 56.6 Å². The molecule has 0 unspecified atom stereocenters. The van der Waals surface area contributed by atoms with Crippen molar-refractivity contribution in [1.82, 2.24) is 4.57 Å². The van der Waals surface area contributed by atoms with Crippen molar-refractivity contribution >= 4 is 23.6 Å². The number of aromatic nitrogens is 1.